The van der Waals surface area contributed by atoms with Crippen molar-refractivity contribution in [1.82, 2.24) is 0 Å². The Balaban J connectivity index is 1.50. The van der Waals surface area contributed by atoms with E-state index in [4.69, 9.17) is 0 Å². The lowest BCUT2D eigenvalue weighted by molar-refractivity contribution is -0.648. The lowest BCUT2D eigenvalue weighted by atomic mass is 10.0. The van der Waals surface area contributed by atoms with Crippen molar-refractivity contribution in [2.24, 2.45) is 0 Å². The standard InChI is InChI=1S/C28H19BrN2O5S3/c29-20-9-5-17(6-10-20)19-8-11-23-22(13-19)30(15-27(32)33)25(37-23)14-26-31(16-39(34,35)36)28-21-4-2-1-3-18(21)7-12-24(28)38-26/h1-14H,15-16H2,(H-,32,33,34,35,36). The highest BCUT2D eigenvalue weighted by Crippen LogP contribution is 2.48. The average molecular weight is 640 g/mol. The fourth-order valence-electron chi connectivity index (χ4n) is 4.70. The first-order valence-electron chi connectivity index (χ1n) is 11.7. The van der Waals surface area contributed by atoms with Crippen LogP contribution in [0.4, 0.5) is 5.69 Å². The number of thioether (sulfide) groups is 1. The van der Waals surface area contributed by atoms with Gasteiger partial charge in [0.05, 0.1) is 22.2 Å². The summed E-state index contributed by atoms with van der Waals surface area (Å²) in [5, 5.41) is 12.7. The number of fused-ring (bicyclic) bond motifs is 4. The van der Waals surface area contributed by atoms with Gasteiger partial charge in [0, 0.05) is 9.37 Å². The number of aliphatic carboxylic acids is 1. The molecule has 0 amide bonds. The molecule has 1 aliphatic heterocycles. The number of benzene rings is 4. The van der Waals surface area contributed by atoms with E-state index in [1.165, 1.54) is 27.7 Å². The molecular weight excluding hydrogens is 620 g/mol. The van der Waals surface area contributed by atoms with Gasteiger partial charge in [-0.1, -0.05) is 81.5 Å². The van der Waals surface area contributed by atoms with Crippen LogP contribution in [0, 0.1) is 0 Å². The van der Waals surface area contributed by atoms with Crippen LogP contribution in [0.2, 0.25) is 0 Å². The van der Waals surface area contributed by atoms with Gasteiger partial charge in [-0.15, -0.1) is 0 Å². The molecule has 196 valence electrons. The topological polar surface area (TPSA) is 102 Å². The van der Waals surface area contributed by atoms with Crippen LogP contribution in [0.25, 0.3) is 38.2 Å². The van der Waals surface area contributed by atoms with Gasteiger partial charge in [0.2, 0.25) is 11.4 Å². The number of nitrogens with zero attached hydrogens (tertiary/aromatic N) is 2. The molecule has 0 aliphatic carbocycles. The Hall–Kier alpha value is -3.22. The highest BCUT2D eigenvalue weighted by atomic mass is 79.9. The Kier molecular flexibility index (Phi) is 6.72. The summed E-state index contributed by atoms with van der Waals surface area (Å²) < 4.78 is 39.2. The van der Waals surface area contributed by atoms with E-state index in [1.54, 1.807) is 11.0 Å². The van der Waals surface area contributed by atoms with Crippen LogP contribution in [0.5, 0.6) is 0 Å². The third kappa shape index (κ3) is 5.20. The molecule has 0 spiro atoms. The zero-order valence-electron chi connectivity index (χ0n) is 20.1. The fourth-order valence-corrected chi connectivity index (χ4v) is 7.90. The third-order valence-corrected chi connectivity index (χ3v) is 9.66. The van der Waals surface area contributed by atoms with Gasteiger partial charge in [-0.05, 0) is 52.9 Å². The molecule has 2 heterocycles. The van der Waals surface area contributed by atoms with E-state index in [2.05, 4.69) is 15.9 Å². The lowest BCUT2D eigenvalue weighted by Gasteiger charge is -2.18. The summed E-state index contributed by atoms with van der Waals surface area (Å²) in [6, 6.07) is 25.3. The minimum absolute atomic E-state index is 0.274. The molecule has 0 saturated carbocycles. The van der Waals surface area contributed by atoms with Crippen molar-refractivity contribution in [3.63, 3.8) is 0 Å². The largest absolute Gasteiger partial charge is 0.743 e. The van der Waals surface area contributed by atoms with Gasteiger partial charge in [0.1, 0.15) is 11.2 Å². The summed E-state index contributed by atoms with van der Waals surface area (Å²) in [6.45, 7) is -0.274. The highest BCUT2D eigenvalue weighted by Gasteiger charge is 2.31. The van der Waals surface area contributed by atoms with E-state index in [0.717, 1.165) is 41.7 Å². The van der Waals surface area contributed by atoms with Gasteiger partial charge in [0.25, 0.3) is 5.01 Å². The highest BCUT2D eigenvalue weighted by molar-refractivity contribution is 9.10. The van der Waals surface area contributed by atoms with Crippen molar-refractivity contribution < 1.29 is 27.4 Å². The van der Waals surface area contributed by atoms with Crippen LogP contribution >= 0.6 is 39.0 Å². The second-order valence-corrected chi connectivity index (χ2v) is 13.4. The zero-order chi connectivity index (χ0) is 27.3. The number of carboxylic acid groups (broad SMARTS) is 1. The van der Waals surface area contributed by atoms with E-state index < -0.39 is 22.0 Å². The predicted octanol–water partition coefficient (Wildman–Crippen LogP) is 6.27. The molecule has 0 bridgehead atoms. The summed E-state index contributed by atoms with van der Waals surface area (Å²) in [6.07, 6.45) is 1.78. The molecule has 1 N–H and O–H groups in total. The van der Waals surface area contributed by atoms with E-state index in [0.29, 0.717) is 15.6 Å². The Labute approximate surface area is 240 Å². The minimum atomic E-state index is -4.62. The third-order valence-electron chi connectivity index (χ3n) is 6.35. The average Bonchev–Trinajstić information content (AvgIpc) is 3.40. The molecule has 11 heteroatoms. The molecule has 1 aliphatic rings. The molecule has 7 nitrogen and oxygen atoms in total. The summed E-state index contributed by atoms with van der Waals surface area (Å²) in [5.74, 6) is -1.73. The normalized spacial score (nSPS) is 14.4. The lowest BCUT2D eigenvalue weighted by Crippen LogP contribution is -2.39. The van der Waals surface area contributed by atoms with Crippen LogP contribution in [-0.4, -0.2) is 30.6 Å². The molecule has 0 unspecified atom stereocenters. The number of aromatic nitrogens is 1. The molecular formula is C28H19BrN2O5S3. The molecule has 5 aromatic rings. The van der Waals surface area contributed by atoms with Crippen LogP contribution in [-0.2, 0) is 20.8 Å². The first kappa shape index (κ1) is 26.0. The smallest absolute Gasteiger partial charge is 0.323 e. The Bertz CT molecular complexity index is 1920. The summed E-state index contributed by atoms with van der Waals surface area (Å²) in [4.78, 5) is 14.5. The minimum Gasteiger partial charge on any atom is -0.743 e. The summed E-state index contributed by atoms with van der Waals surface area (Å²) in [5.41, 5.74) is 3.35. The van der Waals surface area contributed by atoms with Crippen molar-refractivity contribution >= 4 is 87.9 Å². The van der Waals surface area contributed by atoms with Crippen LogP contribution in [0.1, 0.15) is 5.01 Å². The van der Waals surface area contributed by atoms with Gasteiger partial charge >= 0.3 is 5.97 Å². The van der Waals surface area contributed by atoms with Gasteiger partial charge in [-0.25, -0.2) is 8.42 Å². The first-order chi connectivity index (χ1) is 18.7. The number of hydrogen-bond acceptors (Lipinski definition) is 7. The Morgan fingerprint density at radius 1 is 1.03 bits per heavy atom. The zero-order valence-corrected chi connectivity index (χ0v) is 24.1. The number of halogens is 1. The number of rotatable bonds is 6. The summed E-state index contributed by atoms with van der Waals surface area (Å²) in [7, 11) is -4.62. The number of carbonyl (C=O) groups is 1. The maximum absolute atomic E-state index is 12.0. The maximum atomic E-state index is 12.0. The molecule has 1 aromatic heterocycles. The molecule has 0 atom stereocenters. The van der Waals surface area contributed by atoms with Gasteiger partial charge in [0.15, 0.2) is 10.1 Å². The van der Waals surface area contributed by atoms with Crippen molar-refractivity contribution in [1.29, 1.82) is 0 Å². The van der Waals surface area contributed by atoms with E-state index in [-0.39, 0.29) is 6.54 Å². The molecule has 0 saturated heterocycles. The van der Waals surface area contributed by atoms with Gasteiger partial charge < -0.3 is 14.6 Å². The number of thiazole rings is 1. The second-order valence-electron chi connectivity index (χ2n) is 8.94. The molecule has 4 aromatic carbocycles. The fraction of sp³-hybridized carbons (Fsp3) is 0.0714. The predicted molar refractivity (Wildman–Crippen MR) is 158 cm³/mol. The van der Waals surface area contributed by atoms with Crippen LogP contribution in [0.3, 0.4) is 0 Å². The number of hydrogen-bond donors (Lipinski definition) is 1. The van der Waals surface area contributed by atoms with Crippen molar-refractivity contribution in [3.05, 3.63) is 93.4 Å². The number of carboxylic acids is 1. The molecule has 0 radical (unpaired) electrons. The van der Waals surface area contributed by atoms with E-state index in [1.807, 2.05) is 78.9 Å². The Morgan fingerprint density at radius 3 is 2.51 bits per heavy atom. The van der Waals surface area contributed by atoms with E-state index >= 15 is 0 Å². The van der Waals surface area contributed by atoms with Crippen LogP contribution in [0.15, 0.2) is 93.3 Å². The van der Waals surface area contributed by atoms with Gasteiger partial charge in [-0.3, -0.25) is 4.79 Å². The maximum Gasteiger partial charge on any atom is 0.323 e. The van der Waals surface area contributed by atoms with Crippen molar-refractivity contribution in [2.75, 3.05) is 11.4 Å². The number of anilines is 1. The summed E-state index contributed by atoms with van der Waals surface area (Å²) >= 11 is 6.22. The second kappa shape index (κ2) is 10.1. The van der Waals surface area contributed by atoms with Crippen LogP contribution < -0.4 is 9.47 Å². The van der Waals surface area contributed by atoms with Crippen molar-refractivity contribution in [2.45, 2.75) is 10.8 Å². The molecule has 6 rings (SSSR count). The molecule has 39 heavy (non-hydrogen) atoms. The first-order valence-corrected chi connectivity index (χ1v) is 15.7. The molecule has 0 fully saturated rings. The van der Waals surface area contributed by atoms with Crippen molar-refractivity contribution in [3.8, 4) is 11.1 Å². The monoisotopic (exact) mass is 638 g/mol. The van der Waals surface area contributed by atoms with Gasteiger partial charge in [-0.2, -0.15) is 4.57 Å². The van der Waals surface area contributed by atoms with E-state index in [9.17, 15) is 22.9 Å². The quantitative estimate of drug-likeness (QED) is 0.173. The SMILES string of the molecule is O=C(O)CN1C(=Cc2sc3ccc4ccccc4c3[n+]2CS(=O)(=O)[O-])Sc2ccc(-c3ccc(Br)cc3)cc21. The Morgan fingerprint density at radius 2 is 1.77 bits per heavy atom.